The molecule has 2 heterocycles. The minimum absolute atomic E-state index is 0.198. The maximum absolute atomic E-state index is 13.7. The van der Waals surface area contributed by atoms with Crippen molar-refractivity contribution in [1.82, 2.24) is 9.55 Å². The molecule has 2 aromatic heterocycles. The molecular formula is C30H36N4O7S. The van der Waals surface area contributed by atoms with E-state index in [-0.39, 0.29) is 16.9 Å². The Hall–Kier alpha value is -4.13. The van der Waals surface area contributed by atoms with Gasteiger partial charge in [0.25, 0.3) is 5.91 Å². The average Bonchev–Trinajstić information content (AvgIpc) is 3.25. The second-order valence-electron chi connectivity index (χ2n) is 10.8. The van der Waals surface area contributed by atoms with Crippen LogP contribution in [0, 0.1) is 0 Å². The molecular weight excluding hydrogens is 560 g/mol. The van der Waals surface area contributed by atoms with E-state index in [0.717, 1.165) is 17.2 Å². The first-order chi connectivity index (χ1) is 19.7. The summed E-state index contributed by atoms with van der Waals surface area (Å²) in [7, 11) is 2.63. The summed E-state index contributed by atoms with van der Waals surface area (Å²) in [4.78, 5) is 18.0. The Bertz CT molecular complexity index is 1720. The highest BCUT2D eigenvalue weighted by Gasteiger charge is 2.24. The number of fused-ring (bicyclic) bond motifs is 1. The molecule has 0 saturated heterocycles. The maximum Gasteiger partial charge on any atom is 0.272 e. The summed E-state index contributed by atoms with van der Waals surface area (Å²) in [6.07, 6.45) is 2.02. The number of methoxy groups -OCH3 is 3. The first-order valence-corrected chi connectivity index (χ1v) is 14.9. The van der Waals surface area contributed by atoms with Crippen LogP contribution in [0.2, 0.25) is 0 Å². The van der Waals surface area contributed by atoms with Crippen LogP contribution in [0.3, 0.4) is 0 Å². The number of pyridine rings is 1. The fraction of sp³-hybridized carbons (Fsp3) is 0.333. The number of nitrogens with zero attached hydrogens (tertiary/aromatic N) is 2. The highest BCUT2D eigenvalue weighted by Crippen LogP contribution is 2.40. The number of aromatic nitrogens is 2. The number of carbonyl (C=O) groups excluding carboxylic acids is 1. The van der Waals surface area contributed by atoms with E-state index in [4.69, 9.17) is 18.9 Å². The quantitative estimate of drug-likeness (QED) is 0.227. The lowest BCUT2D eigenvalue weighted by Gasteiger charge is -2.24. The number of nitrogens with one attached hydrogen (secondary N) is 2. The van der Waals surface area contributed by atoms with E-state index in [0.29, 0.717) is 34.1 Å². The molecule has 1 amide bonds. The van der Waals surface area contributed by atoms with Crippen LogP contribution < -0.4 is 19.5 Å². The van der Waals surface area contributed by atoms with Crippen LogP contribution in [-0.4, -0.2) is 51.5 Å². The lowest BCUT2D eigenvalue weighted by molar-refractivity contribution is -0.108. The predicted molar refractivity (Wildman–Crippen MR) is 162 cm³/mol. The van der Waals surface area contributed by atoms with Gasteiger partial charge in [0.2, 0.25) is 16.3 Å². The van der Waals surface area contributed by atoms with Crippen LogP contribution in [-0.2, 0) is 32.0 Å². The number of anilines is 2. The molecule has 224 valence electrons. The molecule has 11 nitrogen and oxygen atoms in total. The molecule has 2 aromatic carbocycles. The van der Waals surface area contributed by atoms with Gasteiger partial charge >= 0.3 is 0 Å². The highest BCUT2D eigenvalue weighted by molar-refractivity contribution is 7.92. The average molecular weight is 597 g/mol. The molecule has 0 aliphatic rings. The summed E-state index contributed by atoms with van der Waals surface area (Å²) >= 11 is 0. The number of benzene rings is 2. The van der Waals surface area contributed by atoms with Crippen LogP contribution >= 0.6 is 0 Å². The first-order valence-electron chi connectivity index (χ1n) is 13.0. The zero-order valence-electron chi connectivity index (χ0n) is 24.9. The van der Waals surface area contributed by atoms with E-state index >= 15 is 0 Å². The smallest absolute Gasteiger partial charge is 0.272 e. The van der Waals surface area contributed by atoms with E-state index < -0.39 is 22.2 Å². The number of rotatable bonds is 10. The van der Waals surface area contributed by atoms with Gasteiger partial charge in [-0.3, -0.25) is 14.5 Å². The summed E-state index contributed by atoms with van der Waals surface area (Å²) in [5.74, 6) is 0.838. The van der Waals surface area contributed by atoms with Gasteiger partial charge in [0, 0.05) is 38.9 Å². The molecule has 0 saturated carbocycles. The summed E-state index contributed by atoms with van der Waals surface area (Å²) < 4.78 is 50.8. The minimum atomic E-state index is -3.61. The molecule has 2 N–H and O–H groups in total. The number of ether oxygens (including phenoxy) is 4. The van der Waals surface area contributed by atoms with Crippen molar-refractivity contribution in [3.8, 4) is 17.2 Å². The van der Waals surface area contributed by atoms with Gasteiger partial charge in [-0.2, -0.15) is 0 Å². The zero-order chi connectivity index (χ0) is 30.8. The molecule has 0 unspecified atom stereocenters. The largest absolute Gasteiger partial charge is 0.492 e. The SMILES string of the molecule is COc1c(NC(=O)c2cc3cccc(Oc4ccnc(C(OC)OC)c4)c3n2C)cc(C(C)(C)C)cc1NS(C)(=O)=O. The van der Waals surface area contributed by atoms with Crippen LogP contribution in [0.15, 0.2) is 54.7 Å². The van der Waals surface area contributed by atoms with Crippen LogP contribution in [0.4, 0.5) is 11.4 Å². The number of para-hydroxylation sites is 1. The summed E-state index contributed by atoms with van der Waals surface area (Å²) in [5.41, 5.74) is 2.63. The van der Waals surface area contributed by atoms with Crippen molar-refractivity contribution in [2.45, 2.75) is 32.5 Å². The number of hydrogen-bond acceptors (Lipinski definition) is 8. The predicted octanol–water partition coefficient (Wildman–Crippen LogP) is 5.59. The van der Waals surface area contributed by atoms with Crippen molar-refractivity contribution < 1.29 is 32.2 Å². The van der Waals surface area contributed by atoms with E-state index in [9.17, 15) is 13.2 Å². The van der Waals surface area contributed by atoms with Crippen LogP contribution in [0.1, 0.15) is 48.8 Å². The number of hydrogen-bond donors (Lipinski definition) is 2. The van der Waals surface area contributed by atoms with Crippen molar-refractivity contribution in [1.29, 1.82) is 0 Å². The fourth-order valence-electron chi connectivity index (χ4n) is 4.60. The maximum atomic E-state index is 13.7. The van der Waals surface area contributed by atoms with E-state index in [1.54, 1.807) is 48.1 Å². The Labute approximate surface area is 245 Å². The monoisotopic (exact) mass is 596 g/mol. The van der Waals surface area contributed by atoms with Crippen LogP contribution in [0.25, 0.3) is 10.9 Å². The molecule has 0 fully saturated rings. The number of amides is 1. The Morgan fingerprint density at radius 2 is 1.69 bits per heavy atom. The third-order valence-electron chi connectivity index (χ3n) is 6.60. The lowest BCUT2D eigenvalue weighted by atomic mass is 9.86. The van der Waals surface area contributed by atoms with Gasteiger partial charge in [-0.15, -0.1) is 0 Å². The molecule has 4 aromatic rings. The molecule has 12 heteroatoms. The van der Waals surface area contributed by atoms with Gasteiger partial charge in [-0.05, 0) is 41.3 Å². The van der Waals surface area contributed by atoms with E-state index in [1.807, 2.05) is 39.0 Å². The third kappa shape index (κ3) is 6.67. The molecule has 0 spiro atoms. The number of sulfonamides is 1. The summed E-state index contributed by atoms with van der Waals surface area (Å²) in [5, 5.41) is 3.71. The summed E-state index contributed by atoms with van der Waals surface area (Å²) in [6.45, 7) is 5.98. The third-order valence-corrected chi connectivity index (χ3v) is 7.20. The lowest BCUT2D eigenvalue weighted by Crippen LogP contribution is -2.19. The van der Waals surface area contributed by atoms with Crippen molar-refractivity contribution in [2.24, 2.45) is 7.05 Å². The fourth-order valence-corrected chi connectivity index (χ4v) is 5.15. The normalized spacial score (nSPS) is 12.0. The molecule has 0 atom stereocenters. The Morgan fingerprint density at radius 1 is 1.00 bits per heavy atom. The second kappa shape index (κ2) is 12.0. The van der Waals surface area contributed by atoms with Crippen molar-refractivity contribution >= 4 is 38.2 Å². The van der Waals surface area contributed by atoms with E-state index in [2.05, 4.69) is 15.0 Å². The van der Waals surface area contributed by atoms with Gasteiger partial charge in [0.15, 0.2) is 11.5 Å². The topological polar surface area (TPSA) is 130 Å². The Morgan fingerprint density at radius 3 is 2.31 bits per heavy atom. The molecule has 0 aliphatic carbocycles. The second-order valence-corrected chi connectivity index (χ2v) is 12.5. The Kier molecular flexibility index (Phi) is 8.81. The van der Waals surface area contributed by atoms with Crippen molar-refractivity contribution in [3.63, 3.8) is 0 Å². The molecule has 42 heavy (non-hydrogen) atoms. The molecule has 0 aliphatic heterocycles. The van der Waals surface area contributed by atoms with Gasteiger partial charge in [0.1, 0.15) is 11.4 Å². The summed E-state index contributed by atoms with van der Waals surface area (Å²) in [6, 6.07) is 14.2. The first kappa shape index (κ1) is 30.8. The molecule has 0 bridgehead atoms. The van der Waals surface area contributed by atoms with Gasteiger partial charge in [0.05, 0.1) is 36.0 Å². The number of aryl methyl sites for hydroxylation is 1. The zero-order valence-corrected chi connectivity index (χ0v) is 25.8. The molecule has 4 rings (SSSR count). The van der Waals surface area contributed by atoms with Gasteiger partial charge < -0.3 is 28.8 Å². The van der Waals surface area contributed by atoms with Crippen molar-refractivity contribution in [3.05, 3.63) is 71.7 Å². The highest BCUT2D eigenvalue weighted by atomic mass is 32.2. The van der Waals surface area contributed by atoms with Crippen LogP contribution in [0.5, 0.6) is 17.2 Å². The standard InChI is InChI=1S/C30H36N4O7S/c1-30(2,3)19-15-21(27(38-5)22(16-19)33-42(8,36)37)32-28(35)24-14-18-10-9-11-25(26(18)34(24)4)41-20-12-13-31-23(17-20)29(39-6)40-7/h9-17,29,33H,1-8H3,(H,32,35). The molecule has 0 radical (unpaired) electrons. The minimum Gasteiger partial charge on any atom is -0.492 e. The van der Waals surface area contributed by atoms with E-state index in [1.165, 1.54) is 21.3 Å². The van der Waals surface area contributed by atoms with Gasteiger partial charge in [-0.25, -0.2) is 8.42 Å². The Balaban J connectivity index is 1.73. The van der Waals surface area contributed by atoms with Crippen molar-refractivity contribution in [2.75, 3.05) is 37.6 Å². The van der Waals surface area contributed by atoms with Gasteiger partial charge in [-0.1, -0.05) is 32.9 Å². The number of carbonyl (C=O) groups is 1.